The summed E-state index contributed by atoms with van der Waals surface area (Å²) in [5.74, 6) is -8.11. The zero-order chi connectivity index (χ0) is 18.7. The first-order valence-electron chi connectivity index (χ1n) is 7.90. The lowest BCUT2D eigenvalue weighted by molar-refractivity contribution is 0.0831. The van der Waals surface area contributed by atoms with Gasteiger partial charge in [-0.25, -0.2) is 8.78 Å². The van der Waals surface area contributed by atoms with Gasteiger partial charge in [-0.3, -0.25) is 4.79 Å². The Morgan fingerprint density at radius 3 is 2.58 bits per heavy atom. The number of halogens is 4. The van der Waals surface area contributed by atoms with Gasteiger partial charge in [0.25, 0.3) is 5.91 Å². The Balaban J connectivity index is 1.59. The molecule has 2 aromatic rings. The molecule has 1 aromatic heterocycles. The van der Waals surface area contributed by atoms with Crippen LogP contribution in [0.5, 0.6) is 5.75 Å². The maximum Gasteiger partial charge on any atom is 0.287 e. The van der Waals surface area contributed by atoms with Gasteiger partial charge in [0.2, 0.25) is 11.6 Å². The maximum atomic E-state index is 13.5. The van der Waals surface area contributed by atoms with E-state index in [-0.39, 0.29) is 23.7 Å². The number of rotatable bonds is 6. The van der Waals surface area contributed by atoms with Crippen molar-refractivity contribution in [1.82, 2.24) is 5.32 Å². The van der Waals surface area contributed by atoms with Crippen LogP contribution in [-0.4, -0.2) is 25.2 Å². The Hall–Kier alpha value is -2.55. The summed E-state index contributed by atoms with van der Waals surface area (Å²) in [6, 6.07) is 2.79. The molecule has 1 unspecified atom stereocenters. The van der Waals surface area contributed by atoms with Crippen molar-refractivity contribution >= 4 is 5.91 Å². The molecule has 3 rings (SSSR count). The molecular weight excluding hydrogens is 358 g/mol. The third kappa shape index (κ3) is 3.98. The van der Waals surface area contributed by atoms with Crippen LogP contribution in [-0.2, 0) is 11.3 Å². The molecule has 26 heavy (non-hydrogen) atoms. The topological polar surface area (TPSA) is 60.7 Å². The standard InChI is InChI=1S/C17H15F4NO4/c18-11-6-12(19)15(21)16(14(11)20)25-8-10-3-4-13(26-10)17(23)22-7-9-2-1-5-24-9/h3-4,6,9H,1-2,5,7-8H2,(H,22,23). The first-order valence-corrected chi connectivity index (χ1v) is 7.90. The highest BCUT2D eigenvalue weighted by Crippen LogP contribution is 2.27. The molecule has 9 heteroatoms. The fourth-order valence-corrected chi connectivity index (χ4v) is 2.50. The van der Waals surface area contributed by atoms with Crippen LogP contribution in [0.15, 0.2) is 22.6 Å². The number of carbonyl (C=O) groups excluding carboxylic acids is 1. The van der Waals surface area contributed by atoms with Gasteiger partial charge in [-0.1, -0.05) is 0 Å². The Labute approximate surface area is 145 Å². The van der Waals surface area contributed by atoms with E-state index >= 15 is 0 Å². The molecular formula is C17H15F4NO4. The van der Waals surface area contributed by atoms with E-state index < -0.39 is 41.5 Å². The summed E-state index contributed by atoms with van der Waals surface area (Å²) in [6.45, 7) is 0.483. The third-order valence-corrected chi connectivity index (χ3v) is 3.83. The molecule has 0 bridgehead atoms. The van der Waals surface area contributed by atoms with E-state index in [4.69, 9.17) is 13.9 Å². The van der Waals surface area contributed by atoms with Crippen molar-refractivity contribution in [2.75, 3.05) is 13.2 Å². The van der Waals surface area contributed by atoms with Crippen molar-refractivity contribution in [3.05, 3.63) is 53.0 Å². The predicted octanol–water partition coefficient (Wildman–Crippen LogP) is 3.32. The number of hydrogen-bond donors (Lipinski definition) is 1. The smallest absolute Gasteiger partial charge is 0.287 e. The molecule has 2 heterocycles. The Morgan fingerprint density at radius 2 is 1.92 bits per heavy atom. The van der Waals surface area contributed by atoms with Gasteiger partial charge >= 0.3 is 0 Å². The molecule has 1 aromatic carbocycles. The summed E-state index contributed by atoms with van der Waals surface area (Å²) < 4.78 is 68.6. The fourth-order valence-electron chi connectivity index (χ4n) is 2.50. The second-order valence-electron chi connectivity index (χ2n) is 5.70. The van der Waals surface area contributed by atoms with Crippen LogP contribution in [0.4, 0.5) is 17.6 Å². The minimum absolute atomic E-state index is 0.0343. The quantitative estimate of drug-likeness (QED) is 0.623. The number of carbonyl (C=O) groups is 1. The molecule has 140 valence electrons. The van der Waals surface area contributed by atoms with Gasteiger partial charge in [-0.05, 0) is 25.0 Å². The molecule has 0 saturated carbocycles. The van der Waals surface area contributed by atoms with E-state index in [9.17, 15) is 22.4 Å². The van der Waals surface area contributed by atoms with Gasteiger partial charge in [0.15, 0.2) is 23.1 Å². The molecule has 1 aliphatic rings. The molecule has 1 fully saturated rings. The first-order chi connectivity index (χ1) is 12.5. The molecule has 1 aliphatic heterocycles. The van der Waals surface area contributed by atoms with Crippen LogP contribution in [0.2, 0.25) is 0 Å². The van der Waals surface area contributed by atoms with Crippen LogP contribution in [0, 0.1) is 23.3 Å². The van der Waals surface area contributed by atoms with Crippen molar-refractivity contribution in [2.24, 2.45) is 0 Å². The Morgan fingerprint density at radius 1 is 1.19 bits per heavy atom. The van der Waals surface area contributed by atoms with Crippen molar-refractivity contribution < 1.29 is 36.2 Å². The zero-order valence-corrected chi connectivity index (χ0v) is 13.5. The average Bonchev–Trinajstić information content (AvgIpc) is 3.30. The molecule has 1 saturated heterocycles. The minimum atomic E-state index is -1.65. The van der Waals surface area contributed by atoms with Crippen LogP contribution in [0.25, 0.3) is 0 Å². The van der Waals surface area contributed by atoms with Gasteiger partial charge in [-0.2, -0.15) is 8.78 Å². The highest BCUT2D eigenvalue weighted by Gasteiger charge is 2.22. The number of hydrogen-bond acceptors (Lipinski definition) is 4. The highest BCUT2D eigenvalue weighted by atomic mass is 19.2. The summed E-state index contributed by atoms with van der Waals surface area (Å²) in [5, 5.41) is 2.64. The third-order valence-electron chi connectivity index (χ3n) is 3.83. The molecule has 0 radical (unpaired) electrons. The summed E-state index contributed by atoms with van der Waals surface area (Å²) in [5.41, 5.74) is 0. The summed E-state index contributed by atoms with van der Waals surface area (Å²) in [6.07, 6.45) is 1.76. The molecule has 0 aliphatic carbocycles. The van der Waals surface area contributed by atoms with Crippen molar-refractivity contribution in [3.8, 4) is 5.75 Å². The predicted molar refractivity (Wildman–Crippen MR) is 80.6 cm³/mol. The van der Waals surface area contributed by atoms with Gasteiger partial charge in [0, 0.05) is 19.2 Å². The number of nitrogens with one attached hydrogen (secondary N) is 1. The second kappa shape index (κ2) is 7.77. The highest BCUT2D eigenvalue weighted by molar-refractivity contribution is 5.91. The van der Waals surface area contributed by atoms with Crippen molar-refractivity contribution in [1.29, 1.82) is 0 Å². The molecule has 5 nitrogen and oxygen atoms in total. The maximum absolute atomic E-state index is 13.5. The minimum Gasteiger partial charge on any atom is -0.479 e. The monoisotopic (exact) mass is 373 g/mol. The van der Waals surface area contributed by atoms with E-state index in [2.05, 4.69) is 5.32 Å². The number of amides is 1. The Bertz CT molecular complexity index is 776. The van der Waals surface area contributed by atoms with Crippen LogP contribution in [0.3, 0.4) is 0 Å². The first kappa shape index (κ1) is 18.2. The van der Waals surface area contributed by atoms with Crippen molar-refractivity contribution in [3.63, 3.8) is 0 Å². The van der Waals surface area contributed by atoms with Crippen LogP contribution >= 0.6 is 0 Å². The molecule has 1 N–H and O–H groups in total. The average molecular weight is 373 g/mol. The zero-order valence-electron chi connectivity index (χ0n) is 13.5. The normalized spacial score (nSPS) is 16.7. The van der Waals surface area contributed by atoms with Gasteiger partial charge in [-0.15, -0.1) is 0 Å². The van der Waals surface area contributed by atoms with Crippen LogP contribution < -0.4 is 10.1 Å². The van der Waals surface area contributed by atoms with Gasteiger partial charge in [0.05, 0.1) is 6.10 Å². The van der Waals surface area contributed by atoms with Crippen molar-refractivity contribution in [2.45, 2.75) is 25.6 Å². The van der Waals surface area contributed by atoms with Gasteiger partial charge < -0.3 is 19.2 Å². The lowest BCUT2D eigenvalue weighted by Crippen LogP contribution is -2.31. The van der Waals surface area contributed by atoms with E-state index in [1.54, 1.807) is 0 Å². The van der Waals surface area contributed by atoms with E-state index in [0.717, 1.165) is 12.8 Å². The van der Waals surface area contributed by atoms with Gasteiger partial charge in [0.1, 0.15) is 12.4 Å². The number of ether oxygens (including phenoxy) is 2. The summed E-state index contributed by atoms with van der Waals surface area (Å²) in [7, 11) is 0. The lowest BCUT2D eigenvalue weighted by Gasteiger charge is -2.09. The van der Waals surface area contributed by atoms with E-state index in [0.29, 0.717) is 13.2 Å². The largest absolute Gasteiger partial charge is 0.479 e. The van der Waals surface area contributed by atoms with E-state index in [1.165, 1.54) is 12.1 Å². The molecule has 1 amide bonds. The summed E-state index contributed by atoms with van der Waals surface area (Å²) in [4.78, 5) is 12.0. The molecule has 0 spiro atoms. The Kier molecular flexibility index (Phi) is 5.46. The molecule has 1 atom stereocenters. The number of benzene rings is 1. The SMILES string of the molecule is O=C(NCC1CCCO1)c1ccc(COc2c(F)c(F)cc(F)c2F)o1. The van der Waals surface area contributed by atoms with Crippen LogP contribution in [0.1, 0.15) is 29.2 Å². The summed E-state index contributed by atoms with van der Waals surface area (Å²) >= 11 is 0. The fraction of sp³-hybridized carbons (Fsp3) is 0.353. The lowest BCUT2D eigenvalue weighted by atomic mass is 10.2. The number of furan rings is 1. The second-order valence-corrected chi connectivity index (χ2v) is 5.70. The van der Waals surface area contributed by atoms with E-state index in [1.807, 2.05) is 0 Å².